The van der Waals surface area contributed by atoms with E-state index in [-0.39, 0.29) is 1.43 Å². The normalized spacial score (nSPS) is 12.8. The zero-order valence-electron chi connectivity index (χ0n) is 7.54. The van der Waals surface area contributed by atoms with Crippen LogP contribution < -0.4 is 10.7 Å². The van der Waals surface area contributed by atoms with Gasteiger partial charge in [0.25, 0.3) is 0 Å². The standard InChI is InChI=1S/C8H8N2.C2H6.H2/c1-2-5-9-8-7(3-1)4-6-10-8;1-2;/h2-6H,1H2,(H,9,10);1-2H3;1H. The van der Waals surface area contributed by atoms with Crippen LogP contribution in [0.4, 0.5) is 0 Å². The SMILES string of the molecule is C1=CN=c2[nH]ccc2=CC1.CC.[HH]. The Morgan fingerprint density at radius 3 is 3.17 bits per heavy atom. The fourth-order valence-electron chi connectivity index (χ4n) is 1.03. The van der Waals surface area contributed by atoms with Crippen molar-refractivity contribution in [3.8, 4) is 0 Å². The highest BCUT2D eigenvalue weighted by Crippen LogP contribution is 1.86. The lowest BCUT2D eigenvalue weighted by molar-refractivity contribution is 1.18. The van der Waals surface area contributed by atoms with E-state index in [1.54, 1.807) is 0 Å². The molecule has 66 valence electrons. The molecule has 0 amide bonds. The van der Waals surface area contributed by atoms with E-state index >= 15 is 0 Å². The Balaban J connectivity index is 0.000000451. The monoisotopic (exact) mass is 164 g/mol. The van der Waals surface area contributed by atoms with Crippen LogP contribution in [0.15, 0.2) is 29.5 Å². The predicted molar refractivity (Wildman–Crippen MR) is 53.3 cm³/mol. The zero-order chi connectivity index (χ0) is 8.81. The molecular formula is C10H16N2. The quantitative estimate of drug-likeness (QED) is 0.603. The molecule has 0 radical (unpaired) electrons. The van der Waals surface area contributed by atoms with Gasteiger partial charge >= 0.3 is 0 Å². The van der Waals surface area contributed by atoms with Crippen molar-refractivity contribution in [2.75, 3.05) is 0 Å². The van der Waals surface area contributed by atoms with Crippen molar-refractivity contribution in [2.45, 2.75) is 20.3 Å². The number of fused-ring (bicyclic) bond motifs is 1. The number of hydrogen-bond acceptors (Lipinski definition) is 1. The van der Waals surface area contributed by atoms with Crippen LogP contribution in [0.3, 0.4) is 0 Å². The van der Waals surface area contributed by atoms with Gasteiger partial charge < -0.3 is 4.98 Å². The van der Waals surface area contributed by atoms with E-state index in [9.17, 15) is 0 Å². The maximum atomic E-state index is 4.18. The van der Waals surface area contributed by atoms with Gasteiger partial charge in [-0.15, -0.1) is 0 Å². The number of nitrogens with one attached hydrogen (secondary N) is 1. The minimum absolute atomic E-state index is 0. The Labute approximate surface area is 73.8 Å². The predicted octanol–water partition coefficient (Wildman–Crippen LogP) is 1.60. The second kappa shape index (κ2) is 4.54. The van der Waals surface area contributed by atoms with Crippen LogP contribution in [-0.4, -0.2) is 4.98 Å². The van der Waals surface area contributed by atoms with Gasteiger partial charge in [-0.1, -0.05) is 26.0 Å². The molecule has 1 aromatic heterocycles. The fraction of sp³-hybridized carbons (Fsp3) is 0.300. The fourth-order valence-corrected chi connectivity index (χ4v) is 1.03. The highest BCUT2D eigenvalue weighted by atomic mass is 14.8. The second-order valence-electron chi connectivity index (χ2n) is 2.24. The van der Waals surface area contributed by atoms with Gasteiger partial charge in [-0.3, -0.25) is 0 Å². The van der Waals surface area contributed by atoms with Crippen molar-refractivity contribution in [2.24, 2.45) is 4.99 Å². The first-order valence-corrected chi connectivity index (χ1v) is 4.33. The minimum Gasteiger partial charge on any atom is -0.346 e. The van der Waals surface area contributed by atoms with Crippen molar-refractivity contribution in [3.05, 3.63) is 35.2 Å². The summed E-state index contributed by atoms with van der Waals surface area (Å²) in [5.74, 6) is 0. The number of H-pyrrole nitrogens is 1. The Morgan fingerprint density at radius 2 is 2.33 bits per heavy atom. The van der Waals surface area contributed by atoms with Gasteiger partial charge in [0.05, 0.1) is 0 Å². The minimum atomic E-state index is 0. The second-order valence-corrected chi connectivity index (χ2v) is 2.24. The number of nitrogens with zero attached hydrogens (tertiary/aromatic N) is 1. The molecule has 0 saturated heterocycles. The lowest BCUT2D eigenvalue weighted by atomic mass is 10.3. The highest BCUT2D eigenvalue weighted by Gasteiger charge is 1.87. The number of hydrogen-bond donors (Lipinski definition) is 1. The van der Waals surface area contributed by atoms with Crippen LogP contribution in [0, 0.1) is 0 Å². The van der Waals surface area contributed by atoms with Crippen LogP contribution in [0.1, 0.15) is 21.7 Å². The van der Waals surface area contributed by atoms with E-state index in [0.29, 0.717) is 0 Å². The summed E-state index contributed by atoms with van der Waals surface area (Å²) in [4.78, 5) is 7.23. The summed E-state index contributed by atoms with van der Waals surface area (Å²) < 4.78 is 0. The van der Waals surface area contributed by atoms with Crippen molar-refractivity contribution in [3.63, 3.8) is 0 Å². The summed E-state index contributed by atoms with van der Waals surface area (Å²) >= 11 is 0. The molecule has 0 saturated carbocycles. The number of aromatic amines is 1. The van der Waals surface area contributed by atoms with E-state index in [2.05, 4.69) is 16.1 Å². The summed E-state index contributed by atoms with van der Waals surface area (Å²) in [7, 11) is 0. The van der Waals surface area contributed by atoms with Gasteiger partial charge in [0.1, 0.15) is 5.49 Å². The summed E-state index contributed by atoms with van der Waals surface area (Å²) in [5, 5.41) is 1.20. The number of rotatable bonds is 0. The van der Waals surface area contributed by atoms with Crippen molar-refractivity contribution in [1.82, 2.24) is 4.98 Å². The smallest absolute Gasteiger partial charge is 0.136 e. The summed E-state index contributed by atoms with van der Waals surface area (Å²) in [6, 6.07) is 2.03. The lowest BCUT2D eigenvalue weighted by Gasteiger charge is -1.71. The molecule has 0 unspecified atom stereocenters. The number of aromatic nitrogens is 1. The summed E-state index contributed by atoms with van der Waals surface area (Å²) in [5.41, 5.74) is 0.966. The van der Waals surface area contributed by atoms with Gasteiger partial charge in [0, 0.05) is 19.0 Å². The third-order valence-corrected chi connectivity index (χ3v) is 1.54. The van der Waals surface area contributed by atoms with Crippen molar-refractivity contribution < 1.29 is 1.43 Å². The molecule has 1 aliphatic rings. The number of allylic oxidation sites excluding steroid dienone is 1. The van der Waals surface area contributed by atoms with E-state index < -0.39 is 0 Å². The molecule has 12 heavy (non-hydrogen) atoms. The molecule has 2 rings (SSSR count). The molecule has 2 heteroatoms. The van der Waals surface area contributed by atoms with Crippen LogP contribution in [0.2, 0.25) is 0 Å². The Morgan fingerprint density at radius 1 is 1.50 bits per heavy atom. The largest absolute Gasteiger partial charge is 0.346 e. The molecular weight excluding hydrogens is 148 g/mol. The molecule has 0 atom stereocenters. The molecule has 2 heterocycles. The first-order chi connectivity index (χ1) is 5.97. The third kappa shape index (κ3) is 1.84. The Hall–Kier alpha value is -1.31. The first-order valence-electron chi connectivity index (χ1n) is 4.33. The molecule has 0 aliphatic carbocycles. The molecule has 2 nitrogen and oxygen atoms in total. The van der Waals surface area contributed by atoms with Crippen molar-refractivity contribution >= 4 is 6.08 Å². The average Bonchev–Trinajstić information content (AvgIpc) is 2.46. The Bertz CT molecular complexity index is 363. The van der Waals surface area contributed by atoms with Gasteiger partial charge in [-0.2, -0.15) is 0 Å². The average molecular weight is 164 g/mol. The first kappa shape index (κ1) is 8.78. The van der Waals surface area contributed by atoms with E-state index in [4.69, 9.17) is 0 Å². The topological polar surface area (TPSA) is 28.1 Å². The van der Waals surface area contributed by atoms with Gasteiger partial charge in [0.15, 0.2) is 0 Å². The highest BCUT2D eigenvalue weighted by molar-refractivity contribution is 5.25. The summed E-state index contributed by atoms with van der Waals surface area (Å²) in [6.45, 7) is 4.00. The lowest BCUT2D eigenvalue weighted by Crippen LogP contribution is -2.21. The van der Waals surface area contributed by atoms with E-state index in [0.717, 1.165) is 11.9 Å². The molecule has 1 N–H and O–H groups in total. The van der Waals surface area contributed by atoms with Crippen LogP contribution >= 0.6 is 0 Å². The zero-order valence-corrected chi connectivity index (χ0v) is 7.54. The van der Waals surface area contributed by atoms with E-state index in [1.807, 2.05) is 38.4 Å². The molecule has 0 spiro atoms. The maximum absolute atomic E-state index is 4.18. The van der Waals surface area contributed by atoms with Gasteiger partial charge in [0.2, 0.25) is 0 Å². The van der Waals surface area contributed by atoms with Crippen molar-refractivity contribution in [1.29, 1.82) is 0 Å². The summed E-state index contributed by atoms with van der Waals surface area (Å²) in [6.07, 6.45) is 8.91. The molecule has 0 bridgehead atoms. The molecule has 0 aromatic carbocycles. The van der Waals surface area contributed by atoms with Gasteiger partial charge in [-0.05, 0) is 12.5 Å². The third-order valence-electron chi connectivity index (χ3n) is 1.54. The van der Waals surface area contributed by atoms with Gasteiger partial charge in [-0.25, -0.2) is 4.99 Å². The molecule has 1 aliphatic heterocycles. The molecule has 1 aromatic rings. The van der Waals surface area contributed by atoms with Crippen LogP contribution in [0.5, 0.6) is 0 Å². The van der Waals surface area contributed by atoms with Crippen LogP contribution in [-0.2, 0) is 0 Å². The van der Waals surface area contributed by atoms with Crippen LogP contribution in [0.25, 0.3) is 6.08 Å². The Kier molecular flexibility index (Phi) is 3.33. The molecule has 0 fully saturated rings. The van der Waals surface area contributed by atoms with E-state index in [1.165, 1.54) is 5.22 Å². The maximum Gasteiger partial charge on any atom is 0.136 e.